The maximum atomic E-state index is 12.5. The van der Waals surface area contributed by atoms with Crippen molar-refractivity contribution in [3.8, 4) is 0 Å². The molecular weight excluding hydrogens is 308 g/mol. The van der Waals surface area contributed by atoms with Crippen LogP contribution in [-0.2, 0) is 12.5 Å². The van der Waals surface area contributed by atoms with Gasteiger partial charge in [-0.1, -0.05) is 49.2 Å². The summed E-state index contributed by atoms with van der Waals surface area (Å²) in [5.41, 5.74) is 3.42. The zero-order valence-corrected chi connectivity index (χ0v) is 14.7. The molecule has 1 aliphatic rings. The molecule has 1 amide bonds. The number of para-hydroxylation sites is 1. The fraction of sp³-hybridized carbons (Fsp3) is 0.318. The number of carbonyl (C=O) groups is 1. The highest BCUT2D eigenvalue weighted by atomic mass is 16.1. The van der Waals surface area contributed by atoms with E-state index in [1.165, 1.54) is 29.3 Å². The Balaban J connectivity index is 1.65. The van der Waals surface area contributed by atoms with Gasteiger partial charge >= 0.3 is 0 Å². The maximum absolute atomic E-state index is 12.5. The van der Waals surface area contributed by atoms with Crippen LogP contribution < -0.4 is 5.32 Å². The molecule has 0 spiro atoms. The minimum atomic E-state index is 0.0205. The first-order valence-electron chi connectivity index (χ1n) is 9.07. The number of aryl methyl sites for hydroxylation is 1. The van der Waals surface area contributed by atoms with Gasteiger partial charge in [-0.15, -0.1) is 0 Å². The van der Waals surface area contributed by atoms with E-state index >= 15 is 0 Å². The van der Waals surface area contributed by atoms with Gasteiger partial charge in [-0.3, -0.25) is 4.79 Å². The third-order valence-corrected chi connectivity index (χ3v) is 5.65. The van der Waals surface area contributed by atoms with Gasteiger partial charge in [0.25, 0.3) is 5.91 Å². The summed E-state index contributed by atoms with van der Waals surface area (Å²) in [5, 5.41) is 4.53. The molecule has 1 aliphatic carbocycles. The van der Waals surface area contributed by atoms with E-state index in [4.69, 9.17) is 0 Å². The molecule has 3 aromatic rings. The molecule has 3 nitrogen and oxygen atoms in total. The normalized spacial score (nSPS) is 16.2. The molecule has 1 fully saturated rings. The third kappa shape index (κ3) is 2.84. The Bertz CT molecular complexity index is 889. The topological polar surface area (TPSA) is 34.0 Å². The van der Waals surface area contributed by atoms with E-state index < -0.39 is 0 Å². The number of amides is 1. The van der Waals surface area contributed by atoms with Crippen LogP contribution >= 0.6 is 0 Å². The molecule has 0 saturated heterocycles. The second kappa shape index (κ2) is 6.40. The summed E-state index contributed by atoms with van der Waals surface area (Å²) in [5.74, 6) is 0.0205. The van der Waals surface area contributed by atoms with Crippen LogP contribution in [0, 0.1) is 0 Å². The standard InChI is InChI=1S/C22H24N2O/c1-24-15-19(18-11-5-6-12-20(18)24)22(13-7-8-14-22)16-23-21(25)17-9-3-2-4-10-17/h2-6,9-12,15H,7-8,13-14,16H2,1H3,(H,23,25). The van der Waals surface area contributed by atoms with E-state index in [0.717, 1.165) is 18.4 Å². The second-order valence-corrected chi connectivity index (χ2v) is 7.21. The Morgan fingerprint density at radius 3 is 2.48 bits per heavy atom. The zero-order chi connectivity index (χ0) is 17.3. The first-order chi connectivity index (χ1) is 12.2. The predicted octanol–water partition coefficient (Wildman–Crippen LogP) is 4.42. The van der Waals surface area contributed by atoms with Crippen LogP contribution in [-0.4, -0.2) is 17.0 Å². The average molecular weight is 332 g/mol. The van der Waals surface area contributed by atoms with E-state index in [9.17, 15) is 4.79 Å². The molecule has 2 aromatic carbocycles. The van der Waals surface area contributed by atoms with Gasteiger partial charge in [0.15, 0.2) is 0 Å². The summed E-state index contributed by atoms with van der Waals surface area (Å²) in [6.45, 7) is 0.703. The van der Waals surface area contributed by atoms with Crippen molar-refractivity contribution in [2.24, 2.45) is 7.05 Å². The Hall–Kier alpha value is -2.55. The largest absolute Gasteiger partial charge is 0.351 e. The number of hydrogen-bond donors (Lipinski definition) is 1. The van der Waals surface area contributed by atoms with Crippen molar-refractivity contribution in [2.75, 3.05) is 6.54 Å². The van der Waals surface area contributed by atoms with Crippen molar-refractivity contribution >= 4 is 16.8 Å². The molecule has 1 heterocycles. The zero-order valence-electron chi connectivity index (χ0n) is 14.7. The summed E-state index contributed by atoms with van der Waals surface area (Å²) in [4.78, 5) is 12.5. The van der Waals surface area contributed by atoms with E-state index in [2.05, 4.69) is 47.4 Å². The molecule has 0 aliphatic heterocycles. The molecule has 128 valence electrons. The third-order valence-electron chi connectivity index (χ3n) is 5.65. The number of nitrogens with zero attached hydrogens (tertiary/aromatic N) is 1. The van der Waals surface area contributed by atoms with Crippen molar-refractivity contribution < 1.29 is 4.79 Å². The highest BCUT2D eigenvalue weighted by Gasteiger charge is 2.38. The summed E-state index contributed by atoms with van der Waals surface area (Å²) in [6, 6.07) is 18.1. The minimum absolute atomic E-state index is 0.0205. The van der Waals surface area contributed by atoms with Gasteiger partial charge in [-0.05, 0) is 36.6 Å². The maximum Gasteiger partial charge on any atom is 0.251 e. The van der Waals surface area contributed by atoms with Crippen LogP contribution in [0.5, 0.6) is 0 Å². The van der Waals surface area contributed by atoms with E-state index in [1.807, 2.05) is 30.3 Å². The monoisotopic (exact) mass is 332 g/mol. The van der Waals surface area contributed by atoms with Crippen molar-refractivity contribution in [1.82, 2.24) is 9.88 Å². The van der Waals surface area contributed by atoms with Crippen molar-refractivity contribution in [1.29, 1.82) is 0 Å². The molecular formula is C22H24N2O. The van der Waals surface area contributed by atoms with Gasteiger partial charge in [-0.2, -0.15) is 0 Å². The Morgan fingerprint density at radius 1 is 1.04 bits per heavy atom. The first-order valence-corrected chi connectivity index (χ1v) is 9.07. The molecule has 1 saturated carbocycles. The van der Waals surface area contributed by atoms with E-state index in [1.54, 1.807) is 0 Å². The smallest absolute Gasteiger partial charge is 0.251 e. The van der Waals surface area contributed by atoms with Crippen molar-refractivity contribution in [2.45, 2.75) is 31.1 Å². The van der Waals surface area contributed by atoms with Crippen molar-refractivity contribution in [3.63, 3.8) is 0 Å². The number of rotatable bonds is 4. The number of hydrogen-bond acceptors (Lipinski definition) is 1. The second-order valence-electron chi connectivity index (χ2n) is 7.21. The van der Waals surface area contributed by atoms with E-state index in [-0.39, 0.29) is 11.3 Å². The van der Waals surface area contributed by atoms with Gasteiger partial charge in [0.1, 0.15) is 0 Å². The molecule has 1 N–H and O–H groups in total. The fourth-order valence-corrected chi connectivity index (χ4v) is 4.30. The molecule has 1 aromatic heterocycles. The lowest BCUT2D eigenvalue weighted by Crippen LogP contribution is -2.39. The lowest BCUT2D eigenvalue weighted by atomic mass is 9.78. The molecule has 0 unspecified atom stereocenters. The summed E-state index contributed by atoms with van der Waals surface area (Å²) in [6.07, 6.45) is 6.99. The summed E-state index contributed by atoms with van der Waals surface area (Å²) in [7, 11) is 2.11. The Labute approximate surface area is 148 Å². The molecule has 4 rings (SSSR count). The summed E-state index contributed by atoms with van der Waals surface area (Å²) < 4.78 is 2.21. The Kier molecular flexibility index (Phi) is 4.08. The van der Waals surface area contributed by atoms with Crippen LogP contribution in [0.15, 0.2) is 60.8 Å². The predicted molar refractivity (Wildman–Crippen MR) is 102 cm³/mol. The van der Waals surface area contributed by atoms with Gasteiger partial charge in [0.2, 0.25) is 0 Å². The molecule has 0 atom stereocenters. The number of carbonyl (C=O) groups excluding carboxylic acids is 1. The van der Waals surface area contributed by atoms with Gasteiger partial charge in [-0.25, -0.2) is 0 Å². The lowest BCUT2D eigenvalue weighted by molar-refractivity contribution is 0.0943. The fourth-order valence-electron chi connectivity index (χ4n) is 4.30. The number of benzene rings is 2. The van der Waals surface area contributed by atoms with Gasteiger partial charge in [0.05, 0.1) is 0 Å². The molecule has 0 bridgehead atoms. The number of fused-ring (bicyclic) bond motifs is 1. The van der Waals surface area contributed by atoms with Crippen LogP contribution in [0.1, 0.15) is 41.6 Å². The first kappa shape index (κ1) is 15.9. The lowest BCUT2D eigenvalue weighted by Gasteiger charge is -2.29. The van der Waals surface area contributed by atoms with Crippen LogP contribution in [0.2, 0.25) is 0 Å². The summed E-state index contributed by atoms with van der Waals surface area (Å²) >= 11 is 0. The SMILES string of the molecule is Cn1cc(C2(CNC(=O)c3ccccc3)CCCC2)c2ccccc21. The van der Waals surface area contributed by atoms with Gasteiger partial charge in [0, 0.05) is 41.7 Å². The molecule has 25 heavy (non-hydrogen) atoms. The minimum Gasteiger partial charge on any atom is -0.351 e. The quantitative estimate of drug-likeness (QED) is 0.754. The highest BCUT2D eigenvalue weighted by Crippen LogP contribution is 2.44. The number of aromatic nitrogens is 1. The van der Waals surface area contributed by atoms with Crippen LogP contribution in [0.25, 0.3) is 10.9 Å². The Morgan fingerprint density at radius 2 is 1.72 bits per heavy atom. The van der Waals surface area contributed by atoms with Crippen molar-refractivity contribution in [3.05, 3.63) is 71.9 Å². The molecule has 0 radical (unpaired) electrons. The average Bonchev–Trinajstić information content (AvgIpc) is 3.27. The number of nitrogens with one attached hydrogen (secondary N) is 1. The van der Waals surface area contributed by atoms with Gasteiger partial charge < -0.3 is 9.88 Å². The van der Waals surface area contributed by atoms with Crippen LogP contribution in [0.4, 0.5) is 0 Å². The highest BCUT2D eigenvalue weighted by molar-refractivity contribution is 5.94. The van der Waals surface area contributed by atoms with Crippen LogP contribution in [0.3, 0.4) is 0 Å². The van der Waals surface area contributed by atoms with E-state index in [0.29, 0.717) is 6.54 Å². The molecule has 3 heteroatoms.